The van der Waals surface area contributed by atoms with Crippen LogP contribution in [0, 0.1) is 0 Å². The predicted molar refractivity (Wildman–Crippen MR) is 94.3 cm³/mol. The Kier molecular flexibility index (Phi) is 7.18. The first-order valence-corrected chi connectivity index (χ1v) is 10.1. The maximum Gasteiger partial charge on any atom is 0.278 e. The maximum absolute atomic E-state index is 10.9. The summed E-state index contributed by atoms with van der Waals surface area (Å²) in [7, 11) is -2.35. The van der Waals surface area contributed by atoms with Crippen LogP contribution in [0.15, 0.2) is 24.3 Å². The van der Waals surface area contributed by atoms with E-state index in [2.05, 4.69) is 30.4 Å². The van der Waals surface area contributed by atoms with E-state index in [9.17, 15) is 8.42 Å². The van der Waals surface area contributed by atoms with Crippen molar-refractivity contribution in [3.05, 3.63) is 35.4 Å². The third-order valence-electron chi connectivity index (χ3n) is 4.24. The van der Waals surface area contributed by atoms with Crippen LogP contribution in [0.5, 0.6) is 0 Å². The molecule has 0 radical (unpaired) electrons. The highest BCUT2D eigenvalue weighted by Crippen LogP contribution is 2.27. The molecule has 0 saturated heterocycles. The highest BCUT2D eigenvalue weighted by molar-refractivity contribution is 7.85. The molecule has 0 fully saturated rings. The monoisotopic (exact) mass is 356 g/mol. The van der Waals surface area contributed by atoms with Gasteiger partial charge in [0, 0.05) is 12.6 Å². The van der Waals surface area contributed by atoms with Gasteiger partial charge in [0.05, 0.1) is 6.61 Å². The lowest BCUT2D eigenvalue weighted by molar-refractivity contribution is 0.00568. The van der Waals surface area contributed by atoms with Gasteiger partial charge < -0.3 is 4.74 Å². The Bertz CT molecular complexity index is 621. The Balaban J connectivity index is 1.92. The number of fused-ring (bicyclic) bond motifs is 1. The Morgan fingerprint density at radius 3 is 2.83 bits per heavy atom. The molecule has 1 aromatic rings. The van der Waals surface area contributed by atoms with Gasteiger partial charge in [0.25, 0.3) is 10.1 Å². The highest BCUT2D eigenvalue weighted by Gasteiger charge is 2.26. The summed E-state index contributed by atoms with van der Waals surface area (Å²) in [4.78, 5) is 1.53. The first-order chi connectivity index (χ1) is 11.4. The van der Waals surface area contributed by atoms with Crippen molar-refractivity contribution in [3.63, 3.8) is 0 Å². The van der Waals surface area contributed by atoms with E-state index in [1.165, 1.54) is 23.3 Å². The van der Waals surface area contributed by atoms with Gasteiger partial charge in [-0.15, -0.1) is 0 Å². The number of hydrogen-bond donors (Lipinski definition) is 2. The second-order valence-corrected chi connectivity index (χ2v) is 7.87. The standard InChI is InChI=1S/C17H28N2O4S/c1-3-4-8-15-12-14-7-5-6-9-16(14)17(18-15)23-11-10-19(2)13-24(20,21)22/h5-7,9,15,17-18H,3-4,8,10-13H2,1-2H3,(H,20,21,22). The summed E-state index contributed by atoms with van der Waals surface area (Å²) in [6.07, 6.45) is 4.32. The Morgan fingerprint density at radius 2 is 2.12 bits per heavy atom. The summed E-state index contributed by atoms with van der Waals surface area (Å²) >= 11 is 0. The largest absolute Gasteiger partial charge is 0.358 e. The van der Waals surface area contributed by atoms with Crippen molar-refractivity contribution in [1.82, 2.24) is 10.2 Å². The SMILES string of the molecule is CCCCC1Cc2ccccc2C(OCCN(C)CS(=O)(=O)O)N1. The van der Waals surface area contributed by atoms with Gasteiger partial charge in [-0.3, -0.25) is 14.8 Å². The number of rotatable bonds is 9. The first-order valence-electron chi connectivity index (χ1n) is 8.48. The lowest BCUT2D eigenvalue weighted by Gasteiger charge is -2.33. The third-order valence-corrected chi connectivity index (χ3v) is 5.01. The Hall–Kier alpha value is -0.990. The fourth-order valence-corrected chi connectivity index (χ4v) is 3.73. The topological polar surface area (TPSA) is 78.9 Å². The summed E-state index contributed by atoms with van der Waals surface area (Å²) in [5.41, 5.74) is 2.47. The minimum absolute atomic E-state index is 0.170. The minimum atomic E-state index is -3.99. The Labute approximate surface area is 144 Å². The molecule has 0 aromatic heterocycles. The van der Waals surface area contributed by atoms with Gasteiger partial charge >= 0.3 is 0 Å². The molecule has 1 aromatic carbocycles. The van der Waals surface area contributed by atoms with Crippen LogP contribution in [0.25, 0.3) is 0 Å². The molecule has 0 bridgehead atoms. The molecule has 1 aliphatic heterocycles. The molecule has 1 heterocycles. The van der Waals surface area contributed by atoms with E-state index in [-0.39, 0.29) is 12.1 Å². The van der Waals surface area contributed by atoms with E-state index in [0.29, 0.717) is 19.2 Å². The van der Waals surface area contributed by atoms with Crippen molar-refractivity contribution in [2.75, 3.05) is 26.1 Å². The third kappa shape index (κ3) is 6.14. The summed E-state index contributed by atoms with van der Waals surface area (Å²) in [5, 5.41) is 3.56. The lowest BCUT2D eigenvalue weighted by Crippen LogP contribution is -2.41. The van der Waals surface area contributed by atoms with Crippen LogP contribution in [0.3, 0.4) is 0 Å². The van der Waals surface area contributed by atoms with Gasteiger partial charge in [0.2, 0.25) is 0 Å². The van der Waals surface area contributed by atoms with Crippen LogP contribution < -0.4 is 5.32 Å². The van der Waals surface area contributed by atoms with Crippen molar-refractivity contribution in [2.24, 2.45) is 0 Å². The van der Waals surface area contributed by atoms with E-state index < -0.39 is 10.1 Å². The zero-order chi connectivity index (χ0) is 17.6. The second kappa shape index (κ2) is 8.92. The average molecular weight is 356 g/mol. The molecule has 1 aliphatic rings. The Morgan fingerprint density at radius 1 is 1.38 bits per heavy atom. The van der Waals surface area contributed by atoms with Crippen LogP contribution in [0.1, 0.15) is 43.5 Å². The smallest absolute Gasteiger partial charge is 0.278 e. The van der Waals surface area contributed by atoms with Crippen molar-refractivity contribution < 1.29 is 17.7 Å². The van der Waals surface area contributed by atoms with E-state index >= 15 is 0 Å². The molecule has 7 heteroatoms. The molecule has 2 atom stereocenters. The number of hydrogen-bond acceptors (Lipinski definition) is 5. The summed E-state index contributed by atoms with van der Waals surface area (Å²) in [6.45, 7) is 3.01. The number of benzene rings is 1. The quantitative estimate of drug-likeness (QED) is 0.660. The molecule has 2 unspecified atom stereocenters. The number of ether oxygens (including phenoxy) is 1. The normalized spacial score (nSPS) is 21.0. The summed E-state index contributed by atoms with van der Waals surface area (Å²) < 4.78 is 36.6. The van der Waals surface area contributed by atoms with E-state index in [1.807, 2.05) is 6.07 Å². The summed E-state index contributed by atoms with van der Waals surface area (Å²) in [6, 6.07) is 8.69. The molecule has 6 nitrogen and oxygen atoms in total. The van der Waals surface area contributed by atoms with Gasteiger partial charge in [-0.2, -0.15) is 8.42 Å². The van der Waals surface area contributed by atoms with Gasteiger partial charge in [-0.1, -0.05) is 44.0 Å². The van der Waals surface area contributed by atoms with Gasteiger partial charge in [-0.25, -0.2) is 0 Å². The molecule has 2 rings (SSSR count). The lowest BCUT2D eigenvalue weighted by atomic mass is 9.92. The minimum Gasteiger partial charge on any atom is -0.358 e. The van der Waals surface area contributed by atoms with Crippen molar-refractivity contribution in [1.29, 1.82) is 0 Å². The summed E-state index contributed by atoms with van der Waals surface area (Å²) in [5.74, 6) is -0.385. The molecule has 2 N–H and O–H groups in total. The second-order valence-electron chi connectivity index (χ2n) is 6.45. The van der Waals surface area contributed by atoms with Crippen LogP contribution in [0.4, 0.5) is 0 Å². The maximum atomic E-state index is 10.9. The fraction of sp³-hybridized carbons (Fsp3) is 0.647. The van der Waals surface area contributed by atoms with E-state index in [1.54, 1.807) is 7.05 Å². The molecular formula is C17H28N2O4S. The average Bonchev–Trinajstić information content (AvgIpc) is 2.51. The molecule has 24 heavy (non-hydrogen) atoms. The molecule has 0 spiro atoms. The number of nitrogens with one attached hydrogen (secondary N) is 1. The number of likely N-dealkylation sites (N-methyl/N-ethyl adjacent to an activating group) is 1. The van der Waals surface area contributed by atoms with Crippen LogP contribution in [-0.2, 0) is 21.3 Å². The van der Waals surface area contributed by atoms with Crippen LogP contribution in [0.2, 0.25) is 0 Å². The molecule has 136 valence electrons. The van der Waals surface area contributed by atoms with Crippen LogP contribution >= 0.6 is 0 Å². The van der Waals surface area contributed by atoms with E-state index in [4.69, 9.17) is 9.29 Å². The number of nitrogens with zero attached hydrogens (tertiary/aromatic N) is 1. The van der Waals surface area contributed by atoms with Crippen LogP contribution in [-0.4, -0.2) is 50.0 Å². The van der Waals surface area contributed by atoms with E-state index in [0.717, 1.165) is 18.4 Å². The molecule has 0 aliphatic carbocycles. The fourth-order valence-electron chi connectivity index (χ4n) is 3.05. The van der Waals surface area contributed by atoms with Crippen molar-refractivity contribution in [3.8, 4) is 0 Å². The van der Waals surface area contributed by atoms with Gasteiger partial charge in [0.15, 0.2) is 0 Å². The van der Waals surface area contributed by atoms with Gasteiger partial charge in [0.1, 0.15) is 12.1 Å². The van der Waals surface area contributed by atoms with Gasteiger partial charge in [-0.05, 0) is 31.0 Å². The highest BCUT2D eigenvalue weighted by atomic mass is 32.2. The predicted octanol–water partition coefficient (Wildman–Crippen LogP) is 2.18. The zero-order valence-corrected chi connectivity index (χ0v) is 15.3. The zero-order valence-electron chi connectivity index (χ0n) is 14.4. The van der Waals surface area contributed by atoms with Crippen molar-refractivity contribution >= 4 is 10.1 Å². The molecular weight excluding hydrogens is 328 g/mol. The van der Waals surface area contributed by atoms with Crippen molar-refractivity contribution in [2.45, 2.75) is 44.9 Å². The molecule has 0 saturated carbocycles. The first kappa shape index (κ1) is 19.3. The molecule has 0 amide bonds. The number of unbranched alkanes of at least 4 members (excludes halogenated alkanes) is 1.